The highest BCUT2D eigenvalue weighted by Gasteiger charge is 2.14. The normalized spacial score (nSPS) is 9.69. The average Bonchev–Trinajstić information content (AvgIpc) is 2.09. The Labute approximate surface area is 78.7 Å². The zero-order chi connectivity index (χ0) is 10.0. The maximum absolute atomic E-state index is 10.3. The molecule has 0 aliphatic carbocycles. The molecule has 6 heteroatoms. The number of hydrogen-bond acceptors (Lipinski definition) is 4. The van der Waals surface area contributed by atoms with E-state index in [1.54, 1.807) is 0 Å². The Morgan fingerprint density at radius 2 is 2.23 bits per heavy atom. The summed E-state index contributed by atoms with van der Waals surface area (Å²) in [6.07, 6.45) is 0. The molecule has 0 atom stereocenters. The predicted octanol–water partition coefficient (Wildman–Crippen LogP) is 1.96. The molecular formula is C7H6ClNO4. The van der Waals surface area contributed by atoms with Gasteiger partial charge >= 0.3 is 0 Å². The first-order chi connectivity index (χ1) is 6.06. The summed E-state index contributed by atoms with van der Waals surface area (Å²) in [6, 6.07) is 2.15. The van der Waals surface area contributed by atoms with E-state index < -0.39 is 4.92 Å². The maximum atomic E-state index is 10.3. The van der Waals surface area contributed by atoms with Crippen LogP contribution in [0.1, 0.15) is 0 Å². The molecule has 0 spiro atoms. The molecule has 0 heterocycles. The molecule has 70 valence electrons. The standard InChI is InChI=1S/C7H6ClNO4/c1-13-6-3-4(9(11)12)2-5(8)7(6)10/h2-3,10H,1H3. The fraction of sp³-hybridized carbons (Fsp3) is 0.143. The zero-order valence-electron chi connectivity index (χ0n) is 6.65. The summed E-state index contributed by atoms with van der Waals surface area (Å²) in [5, 5.41) is 19.5. The first-order valence-electron chi connectivity index (χ1n) is 3.27. The fourth-order valence-corrected chi connectivity index (χ4v) is 1.03. The van der Waals surface area contributed by atoms with Crippen molar-refractivity contribution in [1.82, 2.24) is 0 Å². The molecule has 0 aliphatic heterocycles. The van der Waals surface area contributed by atoms with Gasteiger partial charge in [0.15, 0.2) is 11.5 Å². The fourth-order valence-electron chi connectivity index (χ4n) is 0.821. The van der Waals surface area contributed by atoms with Crippen LogP contribution >= 0.6 is 11.6 Å². The minimum absolute atomic E-state index is 0.0146. The van der Waals surface area contributed by atoms with Crippen LogP contribution in [-0.4, -0.2) is 17.1 Å². The van der Waals surface area contributed by atoms with E-state index in [0.717, 1.165) is 12.1 Å². The summed E-state index contributed by atoms with van der Waals surface area (Å²) < 4.78 is 4.68. The summed E-state index contributed by atoms with van der Waals surface area (Å²) in [7, 11) is 1.29. The third-order valence-corrected chi connectivity index (χ3v) is 1.73. The number of benzene rings is 1. The van der Waals surface area contributed by atoms with E-state index in [1.165, 1.54) is 7.11 Å². The number of phenols is 1. The second-order valence-electron chi connectivity index (χ2n) is 2.24. The third-order valence-electron chi connectivity index (χ3n) is 1.44. The number of rotatable bonds is 2. The lowest BCUT2D eigenvalue weighted by Gasteiger charge is -2.03. The molecule has 0 saturated heterocycles. The molecule has 0 unspecified atom stereocenters. The van der Waals surface area contributed by atoms with E-state index in [9.17, 15) is 15.2 Å². The van der Waals surface area contributed by atoms with Crippen molar-refractivity contribution in [3.05, 3.63) is 27.3 Å². The van der Waals surface area contributed by atoms with E-state index in [0.29, 0.717) is 0 Å². The van der Waals surface area contributed by atoms with Crippen molar-refractivity contribution in [1.29, 1.82) is 0 Å². The van der Waals surface area contributed by atoms with Crippen molar-refractivity contribution in [2.75, 3.05) is 7.11 Å². The van der Waals surface area contributed by atoms with Gasteiger partial charge in [-0.25, -0.2) is 0 Å². The molecule has 0 aliphatic rings. The topological polar surface area (TPSA) is 72.6 Å². The van der Waals surface area contributed by atoms with Crippen LogP contribution in [0.2, 0.25) is 5.02 Å². The summed E-state index contributed by atoms with van der Waals surface area (Å²) in [5.74, 6) is -0.311. The van der Waals surface area contributed by atoms with Crippen LogP contribution in [0.3, 0.4) is 0 Å². The minimum Gasteiger partial charge on any atom is -0.503 e. The summed E-state index contributed by atoms with van der Waals surface area (Å²) in [4.78, 5) is 9.73. The SMILES string of the molecule is COc1cc([N+](=O)[O-])cc(Cl)c1O. The number of halogens is 1. The van der Waals surface area contributed by atoms with E-state index in [1.807, 2.05) is 0 Å². The lowest BCUT2D eigenvalue weighted by Crippen LogP contribution is -1.90. The quantitative estimate of drug-likeness (QED) is 0.589. The molecule has 1 N–H and O–H groups in total. The van der Waals surface area contributed by atoms with Crippen LogP contribution in [0.5, 0.6) is 11.5 Å². The van der Waals surface area contributed by atoms with Crippen LogP contribution in [-0.2, 0) is 0 Å². The van der Waals surface area contributed by atoms with Gasteiger partial charge in [0.25, 0.3) is 5.69 Å². The van der Waals surface area contributed by atoms with Crippen molar-refractivity contribution < 1.29 is 14.8 Å². The first-order valence-corrected chi connectivity index (χ1v) is 3.65. The Kier molecular flexibility index (Phi) is 2.57. The zero-order valence-corrected chi connectivity index (χ0v) is 7.41. The van der Waals surface area contributed by atoms with Crippen molar-refractivity contribution in [2.45, 2.75) is 0 Å². The number of phenolic OH excluding ortho intramolecular Hbond substituents is 1. The van der Waals surface area contributed by atoms with Crippen LogP contribution in [0, 0.1) is 10.1 Å². The van der Waals surface area contributed by atoms with Crippen LogP contribution < -0.4 is 4.74 Å². The second-order valence-corrected chi connectivity index (χ2v) is 2.64. The molecule has 1 rings (SSSR count). The number of hydrogen-bond donors (Lipinski definition) is 1. The maximum Gasteiger partial charge on any atom is 0.274 e. The van der Waals surface area contributed by atoms with Gasteiger partial charge in [0, 0.05) is 6.07 Å². The highest BCUT2D eigenvalue weighted by molar-refractivity contribution is 6.32. The second kappa shape index (κ2) is 3.49. The average molecular weight is 204 g/mol. The van der Waals surface area contributed by atoms with E-state index >= 15 is 0 Å². The molecule has 1 aromatic rings. The van der Waals surface area contributed by atoms with Crippen molar-refractivity contribution >= 4 is 17.3 Å². The molecule has 0 bridgehead atoms. The molecule has 5 nitrogen and oxygen atoms in total. The Morgan fingerprint density at radius 1 is 1.62 bits per heavy atom. The van der Waals surface area contributed by atoms with Crippen molar-refractivity contribution in [3.63, 3.8) is 0 Å². The number of nitrogens with zero attached hydrogens (tertiary/aromatic N) is 1. The van der Waals surface area contributed by atoms with Crippen LogP contribution in [0.15, 0.2) is 12.1 Å². The molecule has 1 aromatic carbocycles. The highest BCUT2D eigenvalue weighted by atomic mass is 35.5. The molecule has 0 saturated carbocycles. The van der Waals surface area contributed by atoms with Gasteiger partial charge < -0.3 is 9.84 Å². The highest BCUT2D eigenvalue weighted by Crippen LogP contribution is 2.37. The number of non-ortho nitro benzene ring substituents is 1. The van der Waals surface area contributed by atoms with Gasteiger partial charge in [0.1, 0.15) is 0 Å². The lowest BCUT2D eigenvalue weighted by molar-refractivity contribution is -0.384. The molecular weight excluding hydrogens is 198 g/mol. The van der Waals surface area contributed by atoms with Gasteiger partial charge in [0.2, 0.25) is 0 Å². The molecule has 0 amide bonds. The van der Waals surface area contributed by atoms with Gasteiger partial charge in [-0.15, -0.1) is 0 Å². The number of methoxy groups -OCH3 is 1. The Bertz CT molecular complexity index is 353. The van der Waals surface area contributed by atoms with Crippen molar-refractivity contribution in [3.8, 4) is 11.5 Å². The largest absolute Gasteiger partial charge is 0.503 e. The monoisotopic (exact) mass is 203 g/mol. The summed E-state index contributed by atoms with van der Waals surface area (Å²) in [5.41, 5.74) is -0.223. The van der Waals surface area contributed by atoms with Crippen molar-refractivity contribution in [2.24, 2.45) is 0 Å². The van der Waals surface area contributed by atoms with E-state index in [-0.39, 0.29) is 22.2 Å². The van der Waals surface area contributed by atoms with Gasteiger partial charge in [-0.1, -0.05) is 11.6 Å². The number of ether oxygens (including phenoxy) is 1. The lowest BCUT2D eigenvalue weighted by atomic mass is 10.3. The number of nitro groups is 1. The first kappa shape index (κ1) is 9.60. The summed E-state index contributed by atoms with van der Waals surface area (Å²) >= 11 is 5.51. The molecule has 0 radical (unpaired) electrons. The molecule has 0 fully saturated rings. The number of nitro benzene ring substituents is 1. The Hall–Kier alpha value is -1.49. The predicted molar refractivity (Wildman–Crippen MR) is 46.3 cm³/mol. The van der Waals surface area contributed by atoms with Crippen LogP contribution in [0.25, 0.3) is 0 Å². The van der Waals surface area contributed by atoms with E-state index in [4.69, 9.17) is 11.6 Å². The number of aromatic hydroxyl groups is 1. The van der Waals surface area contributed by atoms with Gasteiger partial charge in [-0.05, 0) is 0 Å². The smallest absolute Gasteiger partial charge is 0.274 e. The Morgan fingerprint density at radius 3 is 2.69 bits per heavy atom. The summed E-state index contributed by atoms with van der Waals surface area (Å²) in [6.45, 7) is 0. The van der Waals surface area contributed by atoms with Gasteiger partial charge in [-0.2, -0.15) is 0 Å². The van der Waals surface area contributed by atoms with E-state index in [2.05, 4.69) is 4.74 Å². The molecule has 0 aromatic heterocycles. The Balaban J connectivity index is 3.30. The minimum atomic E-state index is -0.617. The van der Waals surface area contributed by atoms with Crippen LogP contribution in [0.4, 0.5) is 5.69 Å². The van der Waals surface area contributed by atoms with Gasteiger partial charge in [-0.3, -0.25) is 10.1 Å². The van der Waals surface area contributed by atoms with Gasteiger partial charge in [0.05, 0.1) is 23.1 Å². The third kappa shape index (κ3) is 1.81. The molecule has 13 heavy (non-hydrogen) atoms.